The van der Waals surface area contributed by atoms with Gasteiger partial charge in [-0.3, -0.25) is 4.90 Å². The Morgan fingerprint density at radius 1 is 1.30 bits per heavy atom. The van der Waals surface area contributed by atoms with E-state index >= 15 is 0 Å². The zero-order valence-corrected chi connectivity index (χ0v) is 12.3. The van der Waals surface area contributed by atoms with Crippen LogP contribution in [0.2, 0.25) is 0 Å². The maximum Gasteiger partial charge on any atom is 0.148 e. The van der Waals surface area contributed by atoms with E-state index in [1.165, 1.54) is 6.26 Å². The van der Waals surface area contributed by atoms with Crippen LogP contribution in [0.25, 0.3) is 0 Å². The highest BCUT2D eigenvalue weighted by atomic mass is 32.2. The fourth-order valence-electron chi connectivity index (χ4n) is 2.16. The van der Waals surface area contributed by atoms with Gasteiger partial charge in [0.1, 0.15) is 21.6 Å². The van der Waals surface area contributed by atoms with E-state index in [4.69, 9.17) is 5.26 Å². The van der Waals surface area contributed by atoms with Crippen molar-refractivity contribution in [1.82, 2.24) is 9.88 Å². The zero-order chi connectivity index (χ0) is 14.6. The summed E-state index contributed by atoms with van der Waals surface area (Å²) in [4.78, 5) is 8.43. The number of hydrogen-bond acceptors (Lipinski definition) is 6. The van der Waals surface area contributed by atoms with E-state index in [9.17, 15) is 8.42 Å². The second-order valence-corrected chi connectivity index (χ2v) is 7.23. The van der Waals surface area contributed by atoms with Crippen molar-refractivity contribution in [2.24, 2.45) is 0 Å². The molecular formula is C13H18N4O2S. The van der Waals surface area contributed by atoms with Gasteiger partial charge in [-0.05, 0) is 12.1 Å². The maximum absolute atomic E-state index is 11.1. The third kappa shape index (κ3) is 4.18. The van der Waals surface area contributed by atoms with Gasteiger partial charge in [-0.2, -0.15) is 5.26 Å². The number of nitriles is 1. The van der Waals surface area contributed by atoms with Crippen molar-refractivity contribution in [2.45, 2.75) is 0 Å². The van der Waals surface area contributed by atoms with E-state index in [0.717, 1.165) is 31.9 Å². The number of aromatic nitrogens is 1. The van der Waals surface area contributed by atoms with Gasteiger partial charge in [0.2, 0.25) is 0 Å². The van der Waals surface area contributed by atoms with Gasteiger partial charge in [-0.15, -0.1) is 0 Å². The molecule has 2 heterocycles. The number of piperazine rings is 1. The number of rotatable bonds is 4. The molecule has 7 heteroatoms. The molecule has 0 aliphatic carbocycles. The molecule has 0 spiro atoms. The van der Waals surface area contributed by atoms with Crippen LogP contribution in [0.15, 0.2) is 18.3 Å². The number of hydrogen-bond donors (Lipinski definition) is 0. The van der Waals surface area contributed by atoms with Crippen molar-refractivity contribution in [1.29, 1.82) is 5.26 Å². The number of pyridine rings is 1. The van der Waals surface area contributed by atoms with E-state index in [2.05, 4.69) is 14.8 Å². The number of sulfone groups is 1. The number of anilines is 1. The van der Waals surface area contributed by atoms with Gasteiger partial charge < -0.3 is 4.90 Å². The van der Waals surface area contributed by atoms with Crippen molar-refractivity contribution < 1.29 is 8.42 Å². The van der Waals surface area contributed by atoms with Gasteiger partial charge in [0.15, 0.2) is 0 Å². The third-order valence-electron chi connectivity index (χ3n) is 3.38. The molecule has 0 unspecified atom stereocenters. The summed E-state index contributed by atoms with van der Waals surface area (Å²) in [6.45, 7) is 3.97. The Balaban J connectivity index is 1.86. The minimum atomic E-state index is -2.89. The van der Waals surface area contributed by atoms with Crippen LogP contribution in [0.4, 0.5) is 5.69 Å². The summed E-state index contributed by atoms with van der Waals surface area (Å²) in [7, 11) is -2.89. The van der Waals surface area contributed by atoms with Crippen molar-refractivity contribution in [2.75, 3.05) is 49.6 Å². The van der Waals surface area contributed by atoms with Gasteiger partial charge in [0.05, 0.1) is 17.6 Å². The molecule has 2 rings (SSSR count). The molecule has 1 fully saturated rings. The smallest absolute Gasteiger partial charge is 0.148 e. The van der Waals surface area contributed by atoms with Crippen LogP contribution in [0.5, 0.6) is 0 Å². The largest absolute Gasteiger partial charge is 0.368 e. The van der Waals surface area contributed by atoms with Crippen molar-refractivity contribution in [3.63, 3.8) is 0 Å². The predicted octanol–water partition coefficient (Wildman–Crippen LogP) is 0.120. The molecule has 0 N–H and O–H groups in total. The molecule has 0 aromatic carbocycles. The molecule has 108 valence electrons. The average Bonchev–Trinajstić information content (AvgIpc) is 2.45. The van der Waals surface area contributed by atoms with Gasteiger partial charge in [0, 0.05) is 39.0 Å². The lowest BCUT2D eigenvalue weighted by atomic mass is 10.2. The first-order valence-corrected chi connectivity index (χ1v) is 8.55. The van der Waals surface area contributed by atoms with Gasteiger partial charge in [0.25, 0.3) is 0 Å². The van der Waals surface area contributed by atoms with E-state index in [-0.39, 0.29) is 5.75 Å². The van der Waals surface area contributed by atoms with E-state index in [1.807, 2.05) is 12.1 Å². The molecule has 0 radical (unpaired) electrons. The Morgan fingerprint density at radius 2 is 2.00 bits per heavy atom. The minimum Gasteiger partial charge on any atom is -0.368 e. The molecule has 6 nitrogen and oxygen atoms in total. The van der Waals surface area contributed by atoms with E-state index in [0.29, 0.717) is 12.2 Å². The summed E-state index contributed by atoms with van der Waals surface area (Å²) in [6.07, 6.45) is 2.98. The van der Waals surface area contributed by atoms with E-state index in [1.54, 1.807) is 12.3 Å². The molecular weight excluding hydrogens is 276 g/mol. The molecule has 0 saturated carbocycles. The van der Waals surface area contributed by atoms with Crippen LogP contribution in [-0.4, -0.2) is 63.0 Å². The van der Waals surface area contributed by atoms with Gasteiger partial charge in [-0.1, -0.05) is 0 Å². The quantitative estimate of drug-likeness (QED) is 0.785. The van der Waals surface area contributed by atoms with Crippen LogP contribution < -0.4 is 4.90 Å². The average molecular weight is 294 g/mol. The van der Waals surface area contributed by atoms with Crippen LogP contribution in [-0.2, 0) is 9.84 Å². The highest BCUT2D eigenvalue weighted by Crippen LogP contribution is 2.15. The predicted molar refractivity (Wildman–Crippen MR) is 77.3 cm³/mol. The molecule has 1 aliphatic rings. The topological polar surface area (TPSA) is 77.3 Å². The second kappa shape index (κ2) is 6.20. The summed E-state index contributed by atoms with van der Waals surface area (Å²) >= 11 is 0. The minimum absolute atomic E-state index is 0.214. The standard InChI is InChI=1S/C13H18N4O2S/c1-20(18,19)9-8-16-4-6-17(7-5-16)13-3-2-12(10-14)15-11-13/h2-3,11H,4-9H2,1H3. The summed E-state index contributed by atoms with van der Waals surface area (Å²) in [6, 6.07) is 5.61. The first kappa shape index (κ1) is 14.8. The summed E-state index contributed by atoms with van der Waals surface area (Å²) in [5.41, 5.74) is 1.42. The van der Waals surface area contributed by atoms with Crippen LogP contribution >= 0.6 is 0 Å². The van der Waals surface area contributed by atoms with Gasteiger partial charge >= 0.3 is 0 Å². The summed E-state index contributed by atoms with van der Waals surface area (Å²) in [5, 5.41) is 8.72. The fourth-order valence-corrected chi connectivity index (χ4v) is 2.75. The lowest BCUT2D eigenvalue weighted by molar-refractivity contribution is 0.272. The van der Waals surface area contributed by atoms with Gasteiger partial charge in [-0.25, -0.2) is 13.4 Å². The maximum atomic E-state index is 11.1. The molecule has 1 aliphatic heterocycles. The number of nitrogens with zero attached hydrogens (tertiary/aromatic N) is 4. The van der Waals surface area contributed by atoms with Crippen molar-refractivity contribution in [3.05, 3.63) is 24.0 Å². The molecule has 0 atom stereocenters. The molecule has 0 bridgehead atoms. The zero-order valence-electron chi connectivity index (χ0n) is 11.5. The first-order chi connectivity index (χ1) is 9.48. The van der Waals surface area contributed by atoms with Crippen LogP contribution in [0, 0.1) is 11.3 Å². The molecule has 1 aromatic heterocycles. The Morgan fingerprint density at radius 3 is 2.50 bits per heavy atom. The monoisotopic (exact) mass is 294 g/mol. The lowest BCUT2D eigenvalue weighted by Gasteiger charge is -2.35. The highest BCUT2D eigenvalue weighted by Gasteiger charge is 2.18. The SMILES string of the molecule is CS(=O)(=O)CCN1CCN(c2ccc(C#N)nc2)CC1. The highest BCUT2D eigenvalue weighted by molar-refractivity contribution is 7.90. The lowest BCUT2D eigenvalue weighted by Crippen LogP contribution is -2.47. The molecule has 1 saturated heterocycles. The molecule has 1 aromatic rings. The summed E-state index contributed by atoms with van der Waals surface area (Å²) in [5.74, 6) is 0.214. The Hall–Kier alpha value is -1.65. The first-order valence-electron chi connectivity index (χ1n) is 6.49. The molecule has 20 heavy (non-hydrogen) atoms. The Kier molecular flexibility index (Phi) is 4.57. The summed E-state index contributed by atoms with van der Waals surface area (Å²) < 4.78 is 22.3. The van der Waals surface area contributed by atoms with E-state index < -0.39 is 9.84 Å². The van der Waals surface area contributed by atoms with Crippen molar-refractivity contribution in [3.8, 4) is 6.07 Å². The Bertz CT molecular complexity index is 584. The fraction of sp³-hybridized carbons (Fsp3) is 0.538. The normalized spacial score (nSPS) is 16.9. The van der Waals surface area contributed by atoms with Crippen molar-refractivity contribution >= 4 is 15.5 Å². The third-order valence-corrected chi connectivity index (χ3v) is 4.30. The second-order valence-electron chi connectivity index (χ2n) is 4.97. The molecule has 0 amide bonds. The van der Waals surface area contributed by atoms with Crippen LogP contribution in [0.1, 0.15) is 5.69 Å². The van der Waals surface area contributed by atoms with Crippen LogP contribution in [0.3, 0.4) is 0 Å². The Labute approximate surface area is 119 Å².